The van der Waals surface area contributed by atoms with Gasteiger partial charge in [0.15, 0.2) is 0 Å². The van der Waals surface area contributed by atoms with Crippen LogP contribution in [0.15, 0.2) is 66.9 Å². The molecule has 0 spiro atoms. The largest absolute Gasteiger partial charge is 0.345 e. The number of nitrogens with zero attached hydrogens (tertiary/aromatic N) is 2. The number of hydrogen-bond donors (Lipinski definition) is 1. The summed E-state index contributed by atoms with van der Waals surface area (Å²) in [5.74, 6) is 0. The second kappa shape index (κ2) is 8.11. The summed E-state index contributed by atoms with van der Waals surface area (Å²) in [6.45, 7) is 3.35. The summed E-state index contributed by atoms with van der Waals surface area (Å²) in [7, 11) is 0. The molecule has 2 aromatic carbocycles. The maximum atomic E-state index is 12.9. The van der Waals surface area contributed by atoms with E-state index < -0.39 is 0 Å². The number of aryl methyl sites for hydroxylation is 1. The molecule has 1 aromatic heterocycles. The molecule has 1 saturated carbocycles. The minimum Gasteiger partial charge on any atom is -0.345 e. The Labute approximate surface area is 170 Å². The molecule has 0 aliphatic heterocycles. The summed E-state index contributed by atoms with van der Waals surface area (Å²) < 4.78 is 2.21. The van der Waals surface area contributed by atoms with Gasteiger partial charge < -0.3 is 14.8 Å². The number of hydrogen-bond acceptors (Lipinski definition) is 1. The van der Waals surface area contributed by atoms with Gasteiger partial charge in [0.25, 0.3) is 0 Å². The molecule has 0 saturated heterocycles. The Bertz CT molecular complexity index is 963. The van der Waals surface area contributed by atoms with E-state index in [-0.39, 0.29) is 6.03 Å². The number of nitrogens with one attached hydrogen (secondary N) is 1. The number of rotatable bonds is 6. The van der Waals surface area contributed by atoms with Gasteiger partial charge in [0, 0.05) is 35.2 Å². The molecular formula is C23H24ClN3O. The average molecular weight is 394 g/mol. The average Bonchev–Trinajstić information content (AvgIpc) is 3.44. The number of carbonyl (C=O) groups excluding carboxylic acids is 1. The van der Waals surface area contributed by atoms with E-state index in [2.05, 4.69) is 46.4 Å². The highest BCUT2D eigenvalue weighted by Crippen LogP contribution is 2.30. The van der Waals surface area contributed by atoms with Crippen LogP contribution in [0.25, 0.3) is 0 Å². The third-order valence-corrected chi connectivity index (χ3v) is 5.53. The van der Waals surface area contributed by atoms with Gasteiger partial charge in [-0.3, -0.25) is 0 Å². The van der Waals surface area contributed by atoms with Crippen LogP contribution in [-0.4, -0.2) is 21.5 Å². The van der Waals surface area contributed by atoms with Crippen molar-refractivity contribution in [2.24, 2.45) is 0 Å². The number of benzene rings is 2. The maximum absolute atomic E-state index is 12.9. The van der Waals surface area contributed by atoms with E-state index in [1.807, 2.05) is 36.1 Å². The first-order chi connectivity index (χ1) is 13.6. The number of halogens is 1. The van der Waals surface area contributed by atoms with Crippen molar-refractivity contribution >= 4 is 23.3 Å². The van der Waals surface area contributed by atoms with Gasteiger partial charge in [-0.05, 0) is 55.2 Å². The van der Waals surface area contributed by atoms with Crippen LogP contribution in [0.5, 0.6) is 0 Å². The molecule has 1 heterocycles. The predicted molar refractivity (Wildman–Crippen MR) is 114 cm³/mol. The smallest absolute Gasteiger partial charge is 0.322 e. The van der Waals surface area contributed by atoms with Crippen molar-refractivity contribution in [3.63, 3.8) is 0 Å². The summed E-state index contributed by atoms with van der Waals surface area (Å²) >= 11 is 6.20. The summed E-state index contributed by atoms with van der Waals surface area (Å²) in [6, 6.07) is 20.4. The predicted octanol–water partition coefficient (Wildman–Crippen LogP) is 5.69. The lowest BCUT2D eigenvalue weighted by Crippen LogP contribution is -2.36. The third kappa shape index (κ3) is 4.39. The summed E-state index contributed by atoms with van der Waals surface area (Å²) in [6.07, 6.45) is 4.19. The van der Waals surface area contributed by atoms with E-state index in [0.717, 1.165) is 36.3 Å². The lowest BCUT2D eigenvalue weighted by atomic mass is 10.2. The van der Waals surface area contributed by atoms with Gasteiger partial charge in [0.2, 0.25) is 0 Å². The van der Waals surface area contributed by atoms with Crippen LogP contribution in [0, 0.1) is 6.92 Å². The lowest BCUT2D eigenvalue weighted by Gasteiger charge is -2.24. The number of amides is 2. The summed E-state index contributed by atoms with van der Waals surface area (Å²) in [5.41, 5.74) is 4.10. The van der Waals surface area contributed by atoms with Crippen molar-refractivity contribution in [2.45, 2.75) is 38.9 Å². The normalized spacial score (nSPS) is 13.4. The summed E-state index contributed by atoms with van der Waals surface area (Å²) in [5, 5.41) is 3.67. The number of carbonyl (C=O) groups is 1. The molecule has 144 valence electrons. The highest BCUT2D eigenvalue weighted by molar-refractivity contribution is 6.31. The second-order valence-electron chi connectivity index (χ2n) is 7.37. The van der Waals surface area contributed by atoms with E-state index >= 15 is 0 Å². The fourth-order valence-electron chi connectivity index (χ4n) is 3.32. The van der Waals surface area contributed by atoms with E-state index in [0.29, 0.717) is 17.6 Å². The Morgan fingerprint density at radius 2 is 1.93 bits per heavy atom. The zero-order valence-corrected chi connectivity index (χ0v) is 16.7. The molecule has 4 rings (SSSR count). The second-order valence-corrected chi connectivity index (χ2v) is 7.77. The first kappa shape index (κ1) is 18.6. The maximum Gasteiger partial charge on any atom is 0.322 e. The fourth-order valence-corrected chi connectivity index (χ4v) is 3.50. The van der Waals surface area contributed by atoms with Crippen LogP contribution in [-0.2, 0) is 13.1 Å². The molecule has 28 heavy (non-hydrogen) atoms. The van der Waals surface area contributed by atoms with Crippen molar-refractivity contribution in [3.8, 4) is 0 Å². The van der Waals surface area contributed by atoms with Crippen LogP contribution >= 0.6 is 11.6 Å². The SMILES string of the molecule is Cc1ccc(NC(=O)N(Cc2cccn2Cc2ccccc2)C2CC2)cc1Cl. The minimum atomic E-state index is -0.0742. The van der Waals surface area contributed by atoms with Gasteiger partial charge in [0.1, 0.15) is 0 Å². The highest BCUT2D eigenvalue weighted by atomic mass is 35.5. The first-order valence-corrected chi connectivity index (χ1v) is 9.99. The number of anilines is 1. The zero-order valence-electron chi connectivity index (χ0n) is 15.9. The molecule has 0 radical (unpaired) electrons. The van der Waals surface area contributed by atoms with E-state index in [4.69, 9.17) is 11.6 Å². The molecule has 5 heteroatoms. The molecular weight excluding hydrogens is 370 g/mol. The number of aromatic nitrogens is 1. The van der Waals surface area contributed by atoms with Crippen molar-refractivity contribution in [1.29, 1.82) is 0 Å². The summed E-state index contributed by atoms with van der Waals surface area (Å²) in [4.78, 5) is 14.9. The van der Waals surface area contributed by atoms with Crippen LogP contribution in [0.2, 0.25) is 5.02 Å². The fraction of sp³-hybridized carbons (Fsp3) is 0.261. The molecule has 2 amide bonds. The van der Waals surface area contributed by atoms with E-state index in [1.165, 1.54) is 5.56 Å². The zero-order chi connectivity index (χ0) is 19.5. The van der Waals surface area contributed by atoms with Gasteiger partial charge >= 0.3 is 6.03 Å². The monoisotopic (exact) mass is 393 g/mol. The Morgan fingerprint density at radius 1 is 1.14 bits per heavy atom. The van der Waals surface area contributed by atoms with Gasteiger partial charge in [-0.25, -0.2) is 4.79 Å². The highest BCUT2D eigenvalue weighted by Gasteiger charge is 2.33. The lowest BCUT2D eigenvalue weighted by molar-refractivity contribution is 0.204. The van der Waals surface area contributed by atoms with Crippen molar-refractivity contribution in [1.82, 2.24) is 9.47 Å². The molecule has 0 atom stereocenters. The molecule has 0 bridgehead atoms. The van der Waals surface area contributed by atoms with Gasteiger partial charge in [-0.2, -0.15) is 0 Å². The Morgan fingerprint density at radius 3 is 2.64 bits per heavy atom. The molecule has 4 nitrogen and oxygen atoms in total. The van der Waals surface area contributed by atoms with Gasteiger partial charge in [0.05, 0.1) is 6.54 Å². The van der Waals surface area contributed by atoms with Crippen LogP contribution in [0.3, 0.4) is 0 Å². The number of urea groups is 1. The van der Waals surface area contributed by atoms with Crippen LogP contribution in [0.1, 0.15) is 29.7 Å². The molecule has 1 aliphatic rings. The minimum absolute atomic E-state index is 0.0742. The first-order valence-electron chi connectivity index (χ1n) is 9.62. The van der Waals surface area contributed by atoms with E-state index in [9.17, 15) is 4.79 Å². The molecule has 1 N–H and O–H groups in total. The Hall–Kier alpha value is -2.72. The van der Waals surface area contributed by atoms with Crippen molar-refractivity contribution in [3.05, 3.63) is 88.7 Å². The van der Waals surface area contributed by atoms with Gasteiger partial charge in [-0.1, -0.05) is 48.0 Å². The quantitative estimate of drug-likeness (QED) is 0.573. The van der Waals surface area contributed by atoms with Crippen molar-refractivity contribution in [2.75, 3.05) is 5.32 Å². The third-order valence-electron chi connectivity index (χ3n) is 5.12. The molecule has 3 aromatic rings. The van der Waals surface area contributed by atoms with Crippen molar-refractivity contribution < 1.29 is 4.79 Å². The molecule has 1 aliphatic carbocycles. The van der Waals surface area contributed by atoms with E-state index in [1.54, 1.807) is 6.07 Å². The molecule has 1 fully saturated rings. The van der Waals surface area contributed by atoms with Gasteiger partial charge in [-0.15, -0.1) is 0 Å². The Kier molecular flexibility index (Phi) is 5.40. The molecule has 0 unspecified atom stereocenters. The Balaban J connectivity index is 1.48. The van der Waals surface area contributed by atoms with Crippen LogP contribution in [0.4, 0.5) is 10.5 Å². The standard InChI is InChI=1S/C23H24ClN3O/c1-17-9-10-19(14-22(17)24)25-23(28)27(20-11-12-20)16-21-8-5-13-26(21)15-18-6-3-2-4-7-18/h2-10,13-14,20H,11-12,15-16H2,1H3,(H,25,28). The topological polar surface area (TPSA) is 37.3 Å². The van der Waals surface area contributed by atoms with Crippen LogP contribution < -0.4 is 5.32 Å².